The first-order valence-corrected chi connectivity index (χ1v) is 5.85. The molecular weight excluding hydrogens is 222 g/mol. The molecule has 2 aromatic rings. The van der Waals surface area contributed by atoms with E-state index in [1.807, 2.05) is 24.3 Å². The van der Waals surface area contributed by atoms with Gasteiger partial charge in [-0.25, -0.2) is 0 Å². The third-order valence-corrected chi connectivity index (χ3v) is 3.55. The lowest BCUT2D eigenvalue weighted by atomic mass is 10.1. The standard InChI is InChI=1S/C12H9NO2S/c13-7-10-5-8-1-2-9(6-11(8)16-10)12-14-3-4-15-12/h1-2,5-6,12H,3-4H2. The second-order valence-corrected chi connectivity index (χ2v) is 4.68. The second kappa shape index (κ2) is 3.87. The average Bonchev–Trinajstić information content (AvgIpc) is 2.96. The van der Waals surface area contributed by atoms with Crippen LogP contribution in [-0.4, -0.2) is 13.2 Å². The van der Waals surface area contributed by atoms with Crippen LogP contribution in [0.4, 0.5) is 0 Å². The molecular formula is C12H9NO2S. The summed E-state index contributed by atoms with van der Waals surface area (Å²) < 4.78 is 12.0. The van der Waals surface area contributed by atoms with Gasteiger partial charge >= 0.3 is 0 Å². The van der Waals surface area contributed by atoms with Gasteiger partial charge in [-0.3, -0.25) is 0 Å². The van der Waals surface area contributed by atoms with E-state index >= 15 is 0 Å². The van der Waals surface area contributed by atoms with Crippen LogP contribution in [0.15, 0.2) is 24.3 Å². The van der Waals surface area contributed by atoms with E-state index in [1.165, 1.54) is 11.3 Å². The van der Waals surface area contributed by atoms with E-state index in [0.29, 0.717) is 13.2 Å². The Morgan fingerprint density at radius 2 is 2.06 bits per heavy atom. The molecule has 0 N–H and O–H groups in total. The van der Waals surface area contributed by atoms with Crippen LogP contribution < -0.4 is 0 Å². The lowest BCUT2D eigenvalue weighted by molar-refractivity contribution is -0.0440. The number of nitriles is 1. The van der Waals surface area contributed by atoms with Crippen molar-refractivity contribution in [2.75, 3.05) is 13.2 Å². The van der Waals surface area contributed by atoms with Gasteiger partial charge in [0.25, 0.3) is 0 Å². The average molecular weight is 231 g/mol. The number of benzene rings is 1. The molecule has 0 aliphatic carbocycles. The molecule has 1 aliphatic heterocycles. The minimum absolute atomic E-state index is 0.239. The summed E-state index contributed by atoms with van der Waals surface area (Å²) in [6.07, 6.45) is -0.239. The zero-order valence-corrected chi connectivity index (χ0v) is 9.29. The Bertz CT molecular complexity index is 564. The number of rotatable bonds is 1. The lowest BCUT2D eigenvalue weighted by Gasteiger charge is -2.08. The summed E-state index contributed by atoms with van der Waals surface area (Å²) in [6, 6.07) is 10.1. The van der Waals surface area contributed by atoms with Crippen molar-refractivity contribution >= 4 is 21.4 Å². The number of nitrogens with zero attached hydrogens (tertiary/aromatic N) is 1. The van der Waals surface area contributed by atoms with Gasteiger partial charge in [-0.1, -0.05) is 12.1 Å². The molecule has 1 saturated heterocycles. The van der Waals surface area contributed by atoms with Gasteiger partial charge in [0.15, 0.2) is 6.29 Å². The number of ether oxygens (including phenoxy) is 2. The van der Waals surface area contributed by atoms with E-state index in [2.05, 4.69) is 6.07 Å². The van der Waals surface area contributed by atoms with Crippen LogP contribution in [0.1, 0.15) is 16.7 Å². The highest BCUT2D eigenvalue weighted by Crippen LogP contribution is 2.30. The maximum Gasteiger partial charge on any atom is 0.184 e. The molecule has 1 aromatic carbocycles. The van der Waals surface area contributed by atoms with Crippen molar-refractivity contribution in [1.82, 2.24) is 0 Å². The van der Waals surface area contributed by atoms with Crippen LogP contribution in [0, 0.1) is 11.3 Å². The van der Waals surface area contributed by atoms with E-state index in [4.69, 9.17) is 14.7 Å². The Kier molecular flexibility index (Phi) is 2.37. The fourth-order valence-electron chi connectivity index (χ4n) is 1.80. The topological polar surface area (TPSA) is 42.2 Å². The van der Waals surface area contributed by atoms with Crippen LogP contribution in [0.2, 0.25) is 0 Å². The molecule has 0 amide bonds. The molecule has 1 fully saturated rings. The smallest absolute Gasteiger partial charge is 0.184 e. The van der Waals surface area contributed by atoms with Crippen LogP contribution in [0.5, 0.6) is 0 Å². The predicted molar refractivity (Wildman–Crippen MR) is 61.2 cm³/mol. The van der Waals surface area contributed by atoms with Crippen LogP contribution in [0.25, 0.3) is 10.1 Å². The summed E-state index contributed by atoms with van der Waals surface area (Å²) in [5.41, 5.74) is 1.02. The highest BCUT2D eigenvalue weighted by atomic mass is 32.1. The lowest BCUT2D eigenvalue weighted by Crippen LogP contribution is -1.96. The molecule has 0 atom stereocenters. The van der Waals surface area contributed by atoms with Gasteiger partial charge in [0, 0.05) is 10.3 Å². The molecule has 4 heteroatoms. The molecule has 0 spiro atoms. The maximum atomic E-state index is 8.83. The van der Waals surface area contributed by atoms with E-state index in [-0.39, 0.29) is 6.29 Å². The van der Waals surface area contributed by atoms with Gasteiger partial charge in [0.05, 0.1) is 13.2 Å². The minimum atomic E-state index is -0.239. The molecule has 1 aromatic heterocycles. The number of thiophene rings is 1. The van der Waals surface area contributed by atoms with Crippen molar-refractivity contribution in [3.05, 3.63) is 34.7 Å². The molecule has 16 heavy (non-hydrogen) atoms. The Morgan fingerprint density at radius 1 is 1.25 bits per heavy atom. The molecule has 0 unspecified atom stereocenters. The van der Waals surface area contributed by atoms with Crippen molar-refractivity contribution in [1.29, 1.82) is 5.26 Å². The normalized spacial score (nSPS) is 16.7. The molecule has 2 heterocycles. The van der Waals surface area contributed by atoms with Gasteiger partial charge in [-0.2, -0.15) is 5.26 Å². The van der Waals surface area contributed by atoms with Crippen molar-refractivity contribution in [3.63, 3.8) is 0 Å². The van der Waals surface area contributed by atoms with Gasteiger partial charge in [-0.05, 0) is 17.5 Å². The van der Waals surface area contributed by atoms with Gasteiger partial charge in [0.2, 0.25) is 0 Å². The monoisotopic (exact) mass is 231 g/mol. The Labute approximate surface area is 96.8 Å². The molecule has 0 radical (unpaired) electrons. The maximum absolute atomic E-state index is 8.83. The summed E-state index contributed by atoms with van der Waals surface area (Å²) in [5.74, 6) is 0. The van der Waals surface area contributed by atoms with E-state index in [1.54, 1.807) is 0 Å². The summed E-state index contributed by atoms with van der Waals surface area (Å²) in [6.45, 7) is 1.30. The van der Waals surface area contributed by atoms with Crippen LogP contribution >= 0.6 is 11.3 Å². The van der Waals surface area contributed by atoms with Crippen molar-refractivity contribution in [3.8, 4) is 6.07 Å². The Hall–Kier alpha value is -1.41. The molecule has 0 saturated carbocycles. The Morgan fingerprint density at radius 3 is 2.81 bits per heavy atom. The van der Waals surface area contributed by atoms with E-state index < -0.39 is 0 Å². The zero-order valence-electron chi connectivity index (χ0n) is 8.47. The molecule has 1 aliphatic rings. The van der Waals surface area contributed by atoms with Gasteiger partial charge in [-0.15, -0.1) is 11.3 Å². The molecule has 0 bridgehead atoms. The summed E-state index contributed by atoms with van der Waals surface area (Å²) >= 11 is 1.50. The highest BCUT2D eigenvalue weighted by molar-refractivity contribution is 7.19. The van der Waals surface area contributed by atoms with Crippen molar-refractivity contribution < 1.29 is 9.47 Å². The summed E-state index contributed by atoms with van der Waals surface area (Å²) in [5, 5.41) is 9.93. The Balaban J connectivity index is 2.04. The first-order chi connectivity index (χ1) is 7.86. The van der Waals surface area contributed by atoms with Crippen LogP contribution in [0.3, 0.4) is 0 Å². The first-order valence-electron chi connectivity index (χ1n) is 5.03. The third-order valence-electron chi connectivity index (χ3n) is 2.55. The third kappa shape index (κ3) is 1.59. The summed E-state index contributed by atoms with van der Waals surface area (Å²) in [4.78, 5) is 0.736. The largest absolute Gasteiger partial charge is 0.346 e. The van der Waals surface area contributed by atoms with Gasteiger partial charge in [0.1, 0.15) is 10.9 Å². The number of fused-ring (bicyclic) bond motifs is 1. The predicted octanol–water partition coefficient (Wildman–Crippen LogP) is 2.82. The van der Waals surface area contributed by atoms with Crippen molar-refractivity contribution in [2.45, 2.75) is 6.29 Å². The second-order valence-electron chi connectivity index (χ2n) is 3.59. The highest BCUT2D eigenvalue weighted by Gasteiger charge is 2.18. The number of hydrogen-bond donors (Lipinski definition) is 0. The molecule has 3 rings (SSSR count). The van der Waals surface area contributed by atoms with E-state index in [0.717, 1.165) is 20.5 Å². The molecule has 80 valence electrons. The summed E-state index contributed by atoms with van der Waals surface area (Å²) in [7, 11) is 0. The fraction of sp³-hybridized carbons (Fsp3) is 0.250. The van der Waals surface area contributed by atoms with Crippen LogP contribution in [-0.2, 0) is 9.47 Å². The first kappa shape index (κ1) is 9.79. The fourth-order valence-corrected chi connectivity index (χ4v) is 2.71. The van der Waals surface area contributed by atoms with Crippen molar-refractivity contribution in [2.24, 2.45) is 0 Å². The number of hydrogen-bond acceptors (Lipinski definition) is 4. The minimum Gasteiger partial charge on any atom is -0.346 e. The zero-order chi connectivity index (χ0) is 11.0. The molecule has 3 nitrogen and oxygen atoms in total. The SMILES string of the molecule is N#Cc1cc2ccc(C3OCCO3)cc2s1. The van der Waals surface area contributed by atoms with Gasteiger partial charge < -0.3 is 9.47 Å². The van der Waals surface area contributed by atoms with E-state index in [9.17, 15) is 0 Å². The quantitative estimate of drug-likeness (QED) is 0.757.